The monoisotopic (exact) mass is 695 g/mol. The van der Waals surface area contributed by atoms with Crippen LogP contribution in [0.2, 0.25) is 0 Å². The first kappa shape index (κ1) is 35.2. The van der Waals surface area contributed by atoms with Gasteiger partial charge in [-0.3, -0.25) is 38.3 Å². The van der Waals surface area contributed by atoms with Crippen LogP contribution in [0.5, 0.6) is 11.5 Å². The Labute approximate surface area is 294 Å². The lowest BCUT2D eigenvalue weighted by Crippen LogP contribution is -2.47. The largest absolute Gasteiger partial charge is 0.496 e. The summed E-state index contributed by atoms with van der Waals surface area (Å²) in [5.41, 5.74) is 4.31. The van der Waals surface area contributed by atoms with Crippen molar-refractivity contribution in [2.45, 2.75) is 63.8 Å². The van der Waals surface area contributed by atoms with Gasteiger partial charge in [0.2, 0.25) is 5.91 Å². The van der Waals surface area contributed by atoms with Crippen molar-refractivity contribution in [1.82, 2.24) is 24.6 Å². The van der Waals surface area contributed by atoms with Gasteiger partial charge in [0, 0.05) is 56.2 Å². The van der Waals surface area contributed by atoms with E-state index in [1.54, 1.807) is 57.5 Å². The van der Waals surface area contributed by atoms with Crippen molar-refractivity contribution < 1.29 is 33.4 Å². The molecule has 1 aliphatic heterocycles. The highest BCUT2D eigenvalue weighted by Gasteiger charge is 2.44. The minimum atomic E-state index is -0.885. The number of hydrogen-bond acceptors (Lipinski definition) is 9. The maximum Gasteiger partial charge on any atom is 0.276 e. The van der Waals surface area contributed by atoms with E-state index in [1.807, 2.05) is 18.2 Å². The number of pyridine rings is 1. The van der Waals surface area contributed by atoms with Crippen molar-refractivity contribution in [3.8, 4) is 22.6 Å². The molecule has 1 N–H and O–H groups in total. The highest BCUT2D eigenvalue weighted by Crippen LogP contribution is 2.38. The lowest BCUT2D eigenvalue weighted by Gasteiger charge is -2.27. The van der Waals surface area contributed by atoms with E-state index in [9.17, 15) is 28.8 Å². The molecule has 0 spiro atoms. The van der Waals surface area contributed by atoms with E-state index in [0.717, 1.165) is 45.4 Å². The predicted molar refractivity (Wildman–Crippen MR) is 188 cm³/mol. The van der Waals surface area contributed by atoms with Gasteiger partial charge in [0.1, 0.15) is 22.8 Å². The molecule has 266 valence electrons. The van der Waals surface area contributed by atoms with Crippen LogP contribution in [0.3, 0.4) is 0 Å². The zero-order valence-corrected chi connectivity index (χ0v) is 29.2. The molecule has 1 saturated carbocycles. The van der Waals surface area contributed by atoms with Gasteiger partial charge in [0.25, 0.3) is 17.4 Å². The second-order valence-corrected chi connectivity index (χ2v) is 13.1. The first-order valence-corrected chi connectivity index (χ1v) is 17.1. The number of imide groups is 1. The number of Topliss-reactive ketones (excluding diaryl/α,β-unsaturated/α-hetero) is 2. The van der Waals surface area contributed by atoms with Gasteiger partial charge in [0.15, 0.2) is 5.78 Å². The summed E-state index contributed by atoms with van der Waals surface area (Å²) < 4.78 is 14.6. The number of hydrogen-bond donors (Lipinski definition) is 1. The number of benzene rings is 2. The molecule has 4 aromatic rings. The molecule has 3 amide bonds. The van der Waals surface area contributed by atoms with Crippen LogP contribution in [0.1, 0.15) is 76.8 Å². The molecule has 1 atom stereocenters. The number of amides is 3. The number of nitrogens with zero attached hydrogens (tertiary/aromatic N) is 4. The van der Waals surface area contributed by atoms with Gasteiger partial charge < -0.3 is 19.4 Å². The Morgan fingerprint density at radius 3 is 2.33 bits per heavy atom. The van der Waals surface area contributed by atoms with E-state index >= 15 is 0 Å². The average Bonchev–Trinajstić information content (AvgIpc) is 3.62. The summed E-state index contributed by atoms with van der Waals surface area (Å²) in [5.74, 6) is -0.337. The molecule has 0 bridgehead atoms. The maximum atomic E-state index is 13.1. The Balaban J connectivity index is 0.991. The average molecular weight is 696 g/mol. The molecular weight excluding hydrogens is 654 g/mol. The molecule has 1 unspecified atom stereocenters. The summed E-state index contributed by atoms with van der Waals surface area (Å²) in [5, 5.41) is 8.00. The molecule has 2 aromatic heterocycles. The highest BCUT2D eigenvalue weighted by atomic mass is 16.5. The van der Waals surface area contributed by atoms with Crippen LogP contribution in [0.15, 0.2) is 47.5 Å². The standard InChI is InChI=1S/C38H41N5O8/c1-41-21-29(28-20-40-42(2)35(28)38(41)49)23-17-32(50-3)26(33(18-23)51-4)9-7-10-34(46)39-15-6-5-8-22-11-13-25-27(16-22)37(48)43(36(25)47)30-14-12-24(44)19-31(30)45/h11,13,16-18,20-21,30H,5-10,12,14-15,19H2,1-4H3,(H,39,46). The van der Waals surface area contributed by atoms with Crippen molar-refractivity contribution in [3.63, 3.8) is 0 Å². The van der Waals surface area contributed by atoms with E-state index in [1.165, 1.54) is 4.57 Å². The number of ether oxygens (including phenoxy) is 2. The lowest BCUT2D eigenvalue weighted by molar-refractivity contribution is -0.132. The number of aryl methyl sites for hydroxylation is 3. The van der Waals surface area contributed by atoms with Crippen LogP contribution in [-0.2, 0) is 41.3 Å². The first-order valence-electron chi connectivity index (χ1n) is 17.1. The number of nitrogens with one attached hydrogen (secondary N) is 1. The minimum absolute atomic E-state index is 0.0607. The SMILES string of the molecule is COc1cc(-c2cn(C)c(=O)c3c2cnn3C)cc(OC)c1CCCC(=O)NCCCCc1ccc2c(c1)C(=O)N(C1CCC(=O)CC1=O)C2=O. The second kappa shape index (κ2) is 14.7. The fourth-order valence-electron chi connectivity index (χ4n) is 7.07. The topological polar surface area (TPSA) is 159 Å². The Bertz CT molecular complexity index is 2110. The van der Waals surface area contributed by atoms with Gasteiger partial charge in [0.05, 0.1) is 44.0 Å². The zero-order valence-electron chi connectivity index (χ0n) is 29.2. The zero-order chi connectivity index (χ0) is 36.4. The lowest BCUT2D eigenvalue weighted by atomic mass is 9.92. The Morgan fingerprint density at radius 2 is 1.63 bits per heavy atom. The third kappa shape index (κ3) is 6.92. The molecule has 0 radical (unpaired) electrons. The Kier molecular flexibility index (Phi) is 10.2. The number of rotatable bonds is 13. The van der Waals surface area contributed by atoms with Crippen LogP contribution in [-0.4, -0.2) is 75.3 Å². The molecule has 1 fully saturated rings. The molecule has 2 aliphatic rings. The van der Waals surface area contributed by atoms with Gasteiger partial charge >= 0.3 is 0 Å². The van der Waals surface area contributed by atoms with Crippen molar-refractivity contribution in [3.05, 3.63) is 75.3 Å². The van der Waals surface area contributed by atoms with Crippen molar-refractivity contribution in [2.24, 2.45) is 14.1 Å². The van der Waals surface area contributed by atoms with Crippen LogP contribution in [0.25, 0.3) is 22.0 Å². The molecule has 1 aliphatic carbocycles. The van der Waals surface area contributed by atoms with Crippen molar-refractivity contribution >= 4 is 40.2 Å². The maximum absolute atomic E-state index is 13.1. The highest BCUT2D eigenvalue weighted by molar-refractivity contribution is 6.23. The summed E-state index contributed by atoms with van der Waals surface area (Å²) in [7, 11) is 6.62. The van der Waals surface area contributed by atoms with Crippen LogP contribution < -0.4 is 20.3 Å². The molecule has 3 heterocycles. The summed E-state index contributed by atoms with van der Waals surface area (Å²) in [6.07, 6.45) is 7.16. The normalized spacial score (nSPS) is 15.8. The summed E-state index contributed by atoms with van der Waals surface area (Å²) in [6, 6.07) is 8.10. The van der Waals surface area contributed by atoms with E-state index in [0.29, 0.717) is 49.2 Å². The molecule has 13 nitrogen and oxygen atoms in total. The predicted octanol–water partition coefficient (Wildman–Crippen LogP) is 3.70. The van der Waals surface area contributed by atoms with Crippen LogP contribution in [0.4, 0.5) is 0 Å². The Morgan fingerprint density at radius 1 is 0.902 bits per heavy atom. The third-order valence-corrected chi connectivity index (χ3v) is 9.77. The molecule has 51 heavy (non-hydrogen) atoms. The quantitative estimate of drug-likeness (QED) is 0.125. The van der Waals surface area contributed by atoms with Gasteiger partial charge in [-0.15, -0.1) is 0 Å². The Hall–Kier alpha value is -5.59. The van der Waals surface area contributed by atoms with Crippen molar-refractivity contribution in [2.75, 3.05) is 20.8 Å². The van der Waals surface area contributed by atoms with Crippen LogP contribution in [0, 0.1) is 0 Å². The number of fused-ring (bicyclic) bond motifs is 2. The summed E-state index contributed by atoms with van der Waals surface area (Å²) in [6.45, 7) is 0.501. The molecular formula is C38H41N5O8. The number of aromatic nitrogens is 3. The summed E-state index contributed by atoms with van der Waals surface area (Å²) >= 11 is 0. The minimum Gasteiger partial charge on any atom is -0.496 e. The van der Waals surface area contributed by atoms with E-state index < -0.39 is 17.9 Å². The van der Waals surface area contributed by atoms with Gasteiger partial charge in [-0.05, 0) is 73.9 Å². The fraction of sp³-hybridized carbons (Fsp3) is 0.395. The number of unbranched alkanes of at least 4 members (excludes halogenated alkanes) is 1. The second-order valence-electron chi connectivity index (χ2n) is 13.1. The van der Waals surface area contributed by atoms with E-state index in [4.69, 9.17) is 9.47 Å². The molecule has 2 aromatic carbocycles. The van der Waals surface area contributed by atoms with Crippen molar-refractivity contribution in [1.29, 1.82) is 0 Å². The van der Waals surface area contributed by atoms with Gasteiger partial charge in [-0.1, -0.05) is 6.07 Å². The smallest absolute Gasteiger partial charge is 0.276 e. The first-order chi connectivity index (χ1) is 24.5. The molecule has 0 saturated heterocycles. The summed E-state index contributed by atoms with van der Waals surface area (Å²) in [4.78, 5) is 76.5. The van der Waals surface area contributed by atoms with E-state index in [-0.39, 0.29) is 53.4 Å². The number of methoxy groups -OCH3 is 2. The number of ketones is 2. The molecule has 13 heteroatoms. The fourth-order valence-corrected chi connectivity index (χ4v) is 7.07. The third-order valence-electron chi connectivity index (χ3n) is 9.77. The van der Waals surface area contributed by atoms with Gasteiger partial charge in [-0.2, -0.15) is 5.10 Å². The number of carbonyl (C=O) groups is 5. The van der Waals surface area contributed by atoms with Gasteiger partial charge in [-0.25, -0.2) is 0 Å². The molecule has 6 rings (SSSR count). The number of carbonyl (C=O) groups excluding carboxylic acids is 5. The van der Waals surface area contributed by atoms with Crippen LogP contribution >= 0.6 is 0 Å². The van der Waals surface area contributed by atoms with E-state index in [2.05, 4.69) is 10.4 Å².